The first-order valence-corrected chi connectivity index (χ1v) is 13.8. The molecule has 6 heteroatoms. The fraction of sp³-hybridized carbons (Fsp3) is 0.759. The number of cyclic esters (lactones) is 1. The van der Waals surface area contributed by atoms with Crippen LogP contribution in [0.4, 0.5) is 0 Å². The Balaban J connectivity index is 2.70. The Morgan fingerprint density at radius 2 is 1.74 bits per heavy atom. The number of allylic oxidation sites excluding steroid dienone is 3. The zero-order valence-electron chi connectivity index (χ0n) is 22.5. The summed E-state index contributed by atoms with van der Waals surface area (Å²) in [6.45, 7) is 8.37. The van der Waals surface area contributed by atoms with Crippen LogP contribution in [0.25, 0.3) is 0 Å². The third kappa shape index (κ3) is 13.5. The van der Waals surface area contributed by atoms with E-state index in [1.807, 2.05) is 19.9 Å². The molecule has 35 heavy (non-hydrogen) atoms. The molecule has 0 aromatic rings. The quantitative estimate of drug-likeness (QED) is 0.0865. The van der Waals surface area contributed by atoms with Crippen molar-refractivity contribution in [1.29, 1.82) is 0 Å². The van der Waals surface area contributed by atoms with Crippen molar-refractivity contribution in [2.24, 2.45) is 11.8 Å². The lowest BCUT2D eigenvalue weighted by Crippen LogP contribution is -2.48. The van der Waals surface area contributed by atoms with Gasteiger partial charge < -0.3 is 14.8 Å². The van der Waals surface area contributed by atoms with Gasteiger partial charge in [0.2, 0.25) is 6.41 Å². The summed E-state index contributed by atoms with van der Waals surface area (Å²) in [7, 11) is 0. The minimum atomic E-state index is -0.668. The third-order valence-electron chi connectivity index (χ3n) is 6.41. The van der Waals surface area contributed by atoms with E-state index >= 15 is 0 Å². The van der Waals surface area contributed by atoms with E-state index < -0.39 is 18.1 Å². The van der Waals surface area contributed by atoms with Crippen LogP contribution in [-0.4, -0.2) is 36.6 Å². The molecular formula is C29H49NO5. The molecule has 200 valence electrons. The number of hydrogen-bond acceptors (Lipinski definition) is 5. The Labute approximate surface area is 213 Å². The molecule has 0 aromatic carbocycles. The highest BCUT2D eigenvalue weighted by Crippen LogP contribution is 2.32. The SMILES string of the molecule is CCCCCC=CCC=CCC(CC1OC(=O)C1CCCCCC)OC(=O)C(CC(C)C)NC=O. The molecule has 0 saturated carbocycles. The Hall–Kier alpha value is -2.11. The molecule has 0 aliphatic carbocycles. The standard InChI is InChI=1S/C29H49NO5/c1-5-7-9-11-12-13-14-15-16-18-24(34-29(33)26(30-22-31)20-23(3)4)21-27-25(28(32)35-27)19-17-10-8-6-2/h12-13,15-16,22-27H,5-11,14,17-21H2,1-4H3,(H,30,31). The Kier molecular flexibility index (Phi) is 16.9. The normalized spacial score (nSPS) is 19.5. The summed E-state index contributed by atoms with van der Waals surface area (Å²) in [5.74, 6) is -0.434. The van der Waals surface area contributed by atoms with Crippen LogP contribution in [0.15, 0.2) is 24.3 Å². The molecule has 1 aliphatic heterocycles. The number of carbonyl (C=O) groups excluding carboxylic acids is 3. The molecule has 1 N–H and O–H groups in total. The first kappa shape index (κ1) is 30.9. The van der Waals surface area contributed by atoms with Gasteiger partial charge in [0.1, 0.15) is 18.2 Å². The Morgan fingerprint density at radius 3 is 2.40 bits per heavy atom. The summed E-state index contributed by atoms with van der Waals surface area (Å²) in [5, 5.41) is 2.59. The minimum Gasteiger partial charge on any atom is -0.461 e. The van der Waals surface area contributed by atoms with Crippen molar-refractivity contribution in [2.45, 2.75) is 129 Å². The van der Waals surface area contributed by atoms with Crippen LogP contribution in [0.1, 0.15) is 111 Å². The smallest absolute Gasteiger partial charge is 0.328 e. The molecule has 1 fully saturated rings. The highest BCUT2D eigenvalue weighted by Gasteiger charge is 2.43. The van der Waals surface area contributed by atoms with Crippen molar-refractivity contribution in [3.8, 4) is 0 Å². The van der Waals surface area contributed by atoms with Crippen molar-refractivity contribution >= 4 is 18.3 Å². The average molecular weight is 492 g/mol. The largest absolute Gasteiger partial charge is 0.461 e. The number of ether oxygens (including phenoxy) is 2. The molecule has 1 saturated heterocycles. The number of rotatable bonds is 21. The van der Waals surface area contributed by atoms with Crippen LogP contribution in [0.3, 0.4) is 0 Å². The molecule has 0 bridgehead atoms. The maximum atomic E-state index is 12.8. The topological polar surface area (TPSA) is 81.7 Å². The van der Waals surface area contributed by atoms with Crippen molar-refractivity contribution < 1.29 is 23.9 Å². The molecule has 1 amide bonds. The molecule has 1 rings (SSSR count). The summed E-state index contributed by atoms with van der Waals surface area (Å²) < 4.78 is 11.3. The molecule has 6 nitrogen and oxygen atoms in total. The van der Waals surface area contributed by atoms with Gasteiger partial charge in [-0.15, -0.1) is 0 Å². The van der Waals surface area contributed by atoms with Crippen molar-refractivity contribution in [1.82, 2.24) is 5.32 Å². The van der Waals surface area contributed by atoms with E-state index in [-0.39, 0.29) is 23.9 Å². The number of carbonyl (C=O) groups is 3. The van der Waals surface area contributed by atoms with Crippen molar-refractivity contribution in [3.63, 3.8) is 0 Å². The van der Waals surface area contributed by atoms with Gasteiger partial charge >= 0.3 is 11.9 Å². The van der Waals surface area contributed by atoms with Gasteiger partial charge in [-0.3, -0.25) is 9.59 Å². The molecule has 0 radical (unpaired) electrons. The number of esters is 2. The van der Waals surface area contributed by atoms with Crippen LogP contribution in [0.2, 0.25) is 0 Å². The molecule has 1 heterocycles. The van der Waals surface area contributed by atoms with Gasteiger partial charge in [-0.1, -0.05) is 90.5 Å². The predicted octanol–water partition coefficient (Wildman–Crippen LogP) is 6.43. The monoisotopic (exact) mass is 491 g/mol. The lowest BCUT2D eigenvalue weighted by atomic mass is 9.87. The second-order valence-corrected chi connectivity index (χ2v) is 10.1. The van der Waals surface area contributed by atoms with Gasteiger partial charge in [0, 0.05) is 12.8 Å². The Bertz CT molecular complexity index is 657. The lowest BCUT2D eigenvalue weighted by molar-refractivity contribution is -0.190. The molecule has 4 atom stereocenters. The predicted molar refractivity (Wildman–Crippen MR) is 141 cm³/mol. The molecule has 0 aromatic heterocycles. The highest BCUT2D eigenvalue weighted by molar-refractivity contribution is 5.79. The third-order valence-corrected chi connectivity index (χ3v) is 6.41. The highest BCUT2D eigenvalue weighted by atomic mass is 16.6. The van der Waals surface area contributed by atoms with Gasteiger partial charge in [-0.05, 0) is 38.0 Å². The fourth-order valence-electron chi connectivity index (χ4n) is 4.34. The number of hydrogen-bond donors (Lipinski definition) is 1. The number of unbranched alkanes of at least 4 members (excludes halogenated alkanes) is 6. The van der Waals surface area contributed by atoms with E-state index in [9.17, 15) is 14.4 Å². The molecule has 1 aliphatic rings. The Morgan fingerprint density at radius 1 is 1.03 bits per heavy atom. The minimum absolute atomic E-state index is 0.109. The van der Waals surface area contributed by atoms with Crippen LogP contribution < -0.4 is 5.32 Å². The van der Waals surface area contributed by atoms with Gasteiger partial charge in [0.25, 0.3) is 0 Å². The van der Waals surface area contributed by atoms with E-state index in [0.29, 0.717) is 25.7 Å². The number of nitrogens with one attached hydrogen (secondary N) is 1. The molecule has 4 unspecified atom stereocenters. The summed E-state index contributed by atoms with van der Waals surface area (Å²) in [6, 6.07) is -0.668. The van der Waals surface area contributed by atoms with Gasteiger partial charge in [0.15, 0.2) is 0 Å². The van der Waals surface area contributed by atoms with E-state index in [1.54, 1.807) is 0 Å². The van der Waals surface area contributed by atoms with E-state index in [1.165, 1.54) is 25.7 Å². The van der Waals surface area contributed by atoms with E-state index in [4.69, 9.17) is 9.47 Å². The first-order chi connectivity index (χ1) is 16.9. The first-order valence-electron chi connectivity index (χ1n) is 13.8. The molecule has 0 spiro atoms. The second kappa shape index (κ2) is 19.1. The zero-order chi connectivity index (χ0) is 25.9. The van der Waals surface area contributed by atoms with E-state index in [0.717, 1.165) is 38.5 Å². The summed E-state index contributed by atoms with van der Waals surface area (Å²) in [6.07, 6.45) is 21.0. The lowest BCUT2D eigenvalue weighted by Gasteiger charge is -2.37. The zero-order valence-corrected chi connectivity index (χ0v) is 22.5. The van der Waals surface area contributed by atoms with E-state index in [2.05, 4.69) is 37.4 Å². The van der Waals surface area contributed by atoms with Crippen LogP contribution in [-0.2, 0) is 23.9 Å². The van der Waals surface area contributed by atoms with Crippen molar-refractivity contribution in [3.05, 3.63) is 24.3 Å². The summed E-state index contributed by atoms with van der Waals surface area (Å²) in [4.78, 5) is 35.9. The van der Waals surface area contributed by atoms with Crippen molar-refractivity contribution in [2.75, 3.05) is 0 Å². The van der Waals surface area contributed by atoms with Gasteiger partial charge in [-0.25, -0.2) is 4.79 Å². The number of amides is 1. The van der Waals surface area contributed by atoms with Gasteiger partial charge in [0.05, 0.1) is 5.92 Å². The average Bonchev–Trinajstić information content (AvgIpc) is 2.81. The summed E-state index contributed by atoms with van der Waals surface area (Å²) in [5.41, 5.74) is 0. The fourth-order valence-corrected chi connectivity index (χ4v) is 4.34. The van der Waals surface area contributed by atoms with Crippen LogP contribution in [0.5, 0.6) is 0 Å². The van der Waals surface area contributed by atoms with Crippen LogP contribution in [0, 0.1) is 11.8 Å². The molecular weight excluding hydrogens is 442 g/mol. The summed E-state index contributed by atoms with van der Waals surface area (Å²) >= 11 is 0. The van der Waals surface area contributed by atoms with Crippen LogP contribution >= 0.6 is 0 Å². The maximum Gasteiger partial charge on any atom is 0.328 e. The second-order valence-electron chi connectivity index (χ2n) is 10.1. The maximum absolute atomic E-state index is 12.8. The van der Waals surface area contributed by atoms with Gasteiger partial charge in [-0.2, -0.15) is 0 Å².